The predicted molar refractivity (Wildman–Crippen MR) is 214 cm³/mol. The first-order chi connectivity index (χ1) is 25.3. The lowest BCUT2D eigenvalue weighted by atomic mass is 10.0. The van der Waals surface area contributed by atoms with Crippen LogP contribution in [0.4, 0.5) is 0 Å². The van der Waals surface area contributed by atoms with Gasteiger partial charge in [0.1, 0.15) is 11.3 Å². The van der Waals surface area contributed by atoms with Gasteiger partial charge in [-0.1, -0.05) is 127 Å². The molecule has 9 aromatic rings. The Kier molecular flexibility index (Phi) is 6.81. The Morgan fingerprint density at radius 1 is 0.373 bits per heavy atom. The maximum absolute atomic E-state index is 6.58. The molecule has 0 radical (unpaired) electrons. The molecule has 1 aliphatic carbocycles. The quantitative estimate of drug-likeness (QED) is 0.190. The van der Waals surface area contributed by atoms with Crippen molar-refractivity contribution in [1.82, 2.24) is 4.57 Å². The third-order valence-corrected chi connectivity index (χ3v) is 9.87. The van der Waals surface area contributed by atoms with Crippen LogP contribution >= 0.6 is 0 Å². The summed E-state index contributed by atoms with van der Waals surface area (Å²) in [6, 6.07) is 45.7. The molecule has 240 valence electrons. The van der Waals surface area contributed by atoms with Gasteiger partial charge in [0.15, 0.2) is 11.2 Å². The molecule has 0 fully saturated rings. The summed E-state index contributed by atoms with van der Waals surface area (Å²) in [6.45, 7) is 0. The molecule has 3 heterocycles. The molecule has 0 saturated carbocycles. The van der Waals surface area contributed by atoms with Crippen molar-refractivity contribution in [2.75, 3.05) is 0 Å². The number of furan rings is 2. The van der Waals surface area contributed by atoms with Crippen LogP contribution in [0.25, 0.3) is 94.8 Å². The number of hydrogen-bond donors (Lipinski definition) is 0. The van der Waals surface area contributed by atoms with E-state index in [0.29, 0.717) is 0 Å². The predicted octanol–water partition coefficient (Wildman–Crippen LogP) is 13.5. The maximum atomic E-state index is 6.58. The van der Waals surface area contributed by atoms with Gasteiger partial charge in [0.2, 0.25) is 0 Å². The first kappa shape index (κ1) is 29.1. The molecule has 0 aliphatic heterocycles. The zero-order valence-corrected chi connectivity index (χ0v) is 27.7. The van der Waals surface area contributed by atoms with Gasteiger partial charge >= 0.3 is 0 Å². The van der Waals surface area contributed by atoms with E-state index in [9.17, 15) is 0 Å². The van der Waals surface area contributed by atoms with E-state index >= 15 is 0 Å². The standard InChI is InChI=1S/C48H31NO2/c1-2-4-6-14-20-45-37(19-13-5-3-1)38-24-25-39-42-31-36(23-28-46(42)51-48(39)47(38)50-45)49-43-26-21-34(32-15-9-7-10-16-32)29-40(43)41-30-35(22-27-44(41)49)33-17-11-8-12-18-33/h1-31H/b2-1-,3-1?,4-2?,5-3+,6-4-,13-5?,14-6?,19-13+,20-14-,37-19?,45-20?. The van der Waals surface area contributed by atoms with E-state index in [1.807, 2.05) is 54.7 Å². The number of allylic oxidation sites excluding steroid dienone is 8. The fourth-order valence-corrected chi connectivity index (χ4v) is 7.45. The molecule has 6 aromatic carbocycles. The molecular formula is C48H31NO2. The van der Waals surface area contributed by atoms with E-state index in [0.717, 1.165) is 61.0 Å². The SMILES string of the molecule is C1=C\C=C/c2oc3c(ccc4c5cc(-n6c7ccc(-c8ccccc8)cc7c7cc(-c8ccccc8)ccc76)ccc5oc43)c2\C=C\C=C\C=C/1. The number of rotatable bonds is 3. The lowest BCUT2D eigenvalue weighted by Crippen LogP contribution is -1.93. The van der Waals surface area contributed by atoms with Crippen molar-refractivity contribution in [2.24, 2.45) is 0 Å². The second kappa shape index (κ2) is 11.9. The Morgan fingerprint density at radius 3 is 1.59 bits per heavy atom. The molecule has 0 atom stereocenters. The van der Waals surface area contributed by atoms with Crippen LogP contribution in [0.15, 0.2) is 185 Å². The molecule has 0 spiro atoms. The maximum Gasteiger partial charge on any atom is 0.178 e. The molecular weight excluding hydrogens is 623 g/mol. The van der Waals surface area contributed by atoms with Crippen LogP contribution in [0.1, 0.15) is 11.3 Å². The fraction of sp³-hybridized carbons (Fsp3) is 0. The monoisotopic (exact) mass is 653 g/mol. The minimum atomic E-state index is 0.754. The molecule has 1 aliphatic rings. The summed E-state index contributed by atoms with van der Waals surface area (Å²) < 4.78 is 15.5. The lowest BCUT2D eigenvalue weighted by molar-refractivity contribution is 0.590. The molecule has 3 heteroatoms. The molecule has 0 saturated heterocycles. The van der Waals surface area contributed by atoms with Crippen molar-refractivity contribution in [3.05, 3.63) is 187 Å². The summed E-state index contributed by atoms with van der Waals surface area (Å²) in [4.78, 5) is 0. The molecule has 0 bridgehead atoms. The topological polar surface area (TPSA) is 31.2 Å². The highest BCUT2D eigenvalue weighted by molar-refractivity contribution is 6.16. The molecule has 0 N–H and O–H groups in total. The second-order valence-corrected chi connectivity index (χ2v) is 12.9. The van der Waals surface area contributed by atoms with Crippen LogP contribution < -0.4 is 0 Å². The van der Waals surface area contributed by atoms with Gasteiger partial charge in [-0.05, 0) is 82.9 Å². The van der Waals surface area contributed by atoms with Crippen molar-refractivity contribution in [2.45, 2.75) is 0 Å². The summed E-state index contributed by atoms with van der Waals surface area (Å²) in [7, 11) is 0. The lowest BCUT2D eigenvalue weighted by Gasteiger charge is -2.09. The number of benzene rings is 6. The zero-order valence-electron chi connectivity index (χ0n) is 27.7. The van der Waals surface area contributed by atoms with Gasteiger partial charge in [-0.15, -0.1) is 0 Å². The van der Waals surface area contributed by atoms with E-state index in [-0.39, 0.29) is 0 Å². The average Bonchev–Trinajstić information content (AvgIpc) is 3.84. The van der Waals surface area contributed by atoms with Crippen LogP contribution in [0.5, 0.6) is 0 Å². The smallest absolute Gasteiger partial charge is 0.178 e. The number of fused-ring (bicyclic) bond motifs is 10. The van der Waals surface area contributed by atoms with Crippen LogP contribution in [0.3, 0.4) is 0 Å². The van der Waals surface area contributed by atoms with E-state index < -0.39 is 0 Å². The highest BCUT2D eigenvalue weighted by Crippen LogP contribution is 2.41. The summed E-state index contributed by atoms with van der Waals surface area (Å²) in [6.07, 6.45) is 20.2. The minimum Gasteiger partial charge on any atom is -0.452 e. The van der Waals surface area contributed by atoms with Crippen LogP contribution in [0.2, 0.25) is 0 Å². The summed E-state index contributed by atoms with van der Waals surface area (Å²) in [5.74, 6) is 0.799. The van der Waals surface area contributed by atoms with E-state index in [1.54, 1.807) is 0 Å². The highest BCUT2D eigenvalue weighted by Gasteiger charge is 2.20. The fourth-order valence-electron chi connectivity index (χ4n) is 7.45. The van der Waals surface area contributed by atoms with E-state index in [2.05, 4.69) is 138 Å². The Labute approximate surface area is 294 Å². The highest BCUT2D eigenvalue weighted by atomic mass is 16.4. The summed E-state index contributed by atoms with van der Waals surface area (Å²) in [5, 5.41) is 5.54. The van der Waals surface area contributed by atoms with Crippen LogP contribution in [-0.2, 0) is 0 Å². The van der Waals surface area contributed by atoms with Crippen molar-refractivity contribution in [3.8, 4) is 27.9 Å². The van der Waals surface area contributed by atoms with Gasteiger partial charge in [-0.3, -0.25) is 0 Å². The molecule has 0 amide bonds. The largest absolute Gasteiger partial charge is 0.452 e. The second-order valence-electron chi connectivity index (χ2n) is 12.9. The normalized spacial score (nSPS) is 16.2. The van der Waals surface area contributed by atoms with Crippen molar-refractivity contribution < 1.29 is 8.83 Å². The molecule has 0 unspecified atom stereocenters. The first-order valence-corrected chi connectivity index (χ1v) is 17.3. The van der Waals surface area contributed by atoms with Crippen molar-refractivity contribution in [1.29, 1.82) is 0 Å². The molecule has 3 nitrogen and oxygen atoms in total. The Balaban J connectivity index is 1.18. The first-order valence-electron chi connectivity index (χ1n) is 17.3. The van der Waals surface area contributed by atoms with Gasteiger partial charge in [-0.25, -0.2) is 0 Å². The van der Waals surface area contributed by atoms with E-state index in [4.69, 9.17) is 8.83 Å². The molecule has 3 aromatic heterocycles. The van der Waals surface area contributed by atoms with Crippen molar-refractivity contribution >= 4 is 66.9 Å². The van der Waals surface area contributed by atoms with Crippen LogP contribution in [0, 0.1) is 0 Å². The van der Waals surface area contributed by atoms with Crippen molar-refractivity contribution in [3.63, 3.8) is 0 Å². The Hall–Kier alpha value is -6.84. The number of aromatic nitrogens is 1. The van der Waals surface area contributed by atoms with Gasteiger partial charge in [0.05, 0.1) is 11.0 Å². The van der Waals surface area contributed by atoms with E-state index in [1.165, 1.54) is 33.0 Å². The third kappa shape index (κ3) is 4.90. The summed E-state index contributed by atoms with van der Waals surface area (Å²) >= 11 is 0. The molecule has 10 rings (SSSR count). The molecule has 51 heavy (non-hydrogen) atoms. The van der Waals surface area contributed by atoms with Gasteiger partial charge in [-0.2, -0.15) is 0 Å². The average molecular weight is 654 g/mol. The zero-order chi connectivity index (χ0) is 33.7. The number of hydrogen-bond acceptors (Lipinski definition) is 2. The summed E-state index contributed by atoms with van der Waals surface area (Å²) in [5.41, 5.74) is 11.6. The minimum absolute atomic E-state index is 0.754. The number of nitrogens with zero attached hydrogens (tertiary/aromatic N) is 1. The van der Waals surface area contributed by atoms with Gasteiger partial charge in [0, 0.05) is 38.2 Å². The van der Waals surface area contributed by atoms with Gasteiger partial charge < -0.3 is 13.4 Å². The van der Waals surface area contributed by atoms with Gasteiger partial charge in [0.25, 0.3) is 0 Å². The third-order valence-electron chi connectivity index (χ3n) is 9.87. The Morgan fingerprint density at radius 2 is 0.941 bits per heavy atom. The Bertz CT molecular complexity index is 2840. The van der Waals surface area contributed by atoms with Crippen LogP contribution in [-0.4, -0.2) is 4.57 Å².